The maximum atomic E-state index is 3.52. The highest BCUT2D eigenvalue weighted by Crippen LogP contribution is 2.13. The van der Waals surface area contributed by atoms with Crippen molar-refractivity contribution in [3.05, 3.63) is 0 Å². The average Bonchev–Trinajstić information content (AvgIpc) is 2.35. The van der Waals surface area contributed by atoms with Gasteiger partial charge < -0.3 is 0 Å². The summed E-state index contributed by atoms with van der Waals surface area (Å²) in [5, 5.41) is 0. The molecule has 0 amide bonds. The Hall–Kier alpha value is -0.892. The van der Waals surface area contributed by atoms with E-state index in [4.69, 9.17) is 0 Å². The van der Waals surface area contributed by atoms with E-state index in [1.54, 1.807) is 0 Å². The van der Waals surface area contributed by atoms with Crippen molar-refractivity contribution >= 4 is 32.3 Å². The summed E-state index contributed by atoms with van der Waals surface area (Å²) in [6, 6.07) is 0. The molecule has 0 aliphatic carbocycles. The van der Waals surface area contributed by atoms with Gasteiger partial charge in [0.1, 0.15) is 44.1 Å². The first kappa shape index (κ1) is 25.1. The van der Waals surface area contributed by atoms with Crippen molar-refractivity contribution in [3.8, 4) is 45.9 Å². The van der Waals surface area contributed by atoms with Gasteiger partial charge in [0, 0.05) is 0 Å². The fraction of sp³-hybridized carbons (Fsp3) is 0.636. The Morgan fingerprint density at radius 2 is 0.500 bits per heavy atom. The van der Waals surface area contributed by atoms with Gasteiger partial charge in [0.05, 0.1) is 0 Å². The summed E-state index contributed by atoms with van der Waals surface area (Å²) in [7, 11) is -5.83. The topological polar surface area (TPSA) is 0 Å². The molecule has 142 valence electrons. The Morgan fingerprint density at radius 3 is 0.615 bits per heavy atom. The molecule has 4 heteroatoms. The maximum Gasteiger partial charge on any atom is 0.129 e. The van der Waals surface area contributed by atoms with Crippen LogP contribution in [-0.4, -0.2) is 32.3 Å². The monoisotopic (exact) mass is 414 g/mol. The van der Waals surface area contributed by atoms with E-state index in [1.807, 2.05) is 0 Å². The van der Waals surface area contributed by atoms with Gasteiger partial charge in [-0.3, -0.25) is 0 Å². The molecule has 0 nitrogen and oxygen atoms in total. The van der Waals surface area contributed by atoms with Crippen molar-refractivity contribution in [3.63, 3.8) is 0 Å². The highest BCUT2D eigenvalue weighted by molar-refractivity contribution is 6.85. The van der Waals surface area contributed by atoms with E-state index < -0.39 is 32.3 Å². The molecule has 0 saturated carbocycles. The third-order valence-corrected chi connectivity index (χ3v) is 6.32. The van der Waals surface area contributed by atoms with Crippen molar-refractivity contribution in [1.82, 2.24) is 0 Å². The minimum absolute atomic E-state index is 0.0545. The second kappa shape index (κ2) is 9.35. The van der Waals surface area contributed by atoms with Crippen molar-refractivity contribution in [2.45, 2.75) is 78.6 Å². The van der Waals surface area contributed by atoms with Crippen LogP contribution in [0.25, 0.3) is 0 Å². The molecule has 0 heterocycles. The molecule has 0 aromatic carbocycles. The Balaban J connectivity index is 6.25. The van der Waals surface area contributed by atoms with Crippen LogP contribution in [0.3, 0.4) is 0 Å². The van der Waals surface area contributed by atoms with E-state index >= 15 is 0 Å². The van der Waals surface area contributed by atoms with E-state index in [9.17, 15) is 0 Å². The molecule has 26 heavy (non-hydrogen) atoms. The second-order valence-corrected chi connectivity index (χ2v) is 30.0. The van der Waals surface area contributed by atoms with Gasteiger partial charge >= 0.3 is 0 Å². The highest BCUT2D eigenvalue weighted by atomic mass is 28.3. The Labute approximate surface area is 168 Å². The van der Waals surface area contributed by atoms with Crippen LogP contribution in [0.15, 0.2) is 0 Å². The van der Waals surface area contributed by atoms with Crippen LogP contribution in [0, 0.1) is 57.7 Å². The van der Waals surface area contributed by atoms with Crippen LogP contribution in [0.4, 0.5) is 0 Å². The Kier molecular flexibility index (Phi) is 9.03. The largest absolute Gasteiger partial charge is 0.131 e. The van der Waals surface area contributed by atoms with Crippen LogP contribution in [0.2, 0.25) is 78.6 Å². The standard InChI is InChI=1S/C22H38Si4/c1-23(2,3)17-13-21(14-18-24(4,5)6)22(15-19-25(7,8)9)16-20-26(10,11)12/h21-22H,1-12H3. The Bertz CT molecular complexity index is 589. The van der Waals surface area contributed by atoms with Gasteiger partial charge in [-0.25, -0.2) is 0 Å². The number of hydrogen-bond donors (Lipinski definition) is 0. The summed E-state index contributed by atoms with van der Waals surface area (Å²) in [6.45, 7) is 27.3. The van der Waals surface area contributed by atoms with Crippen LogP contribution < -0.4 is 0 Å². The van der Waals surface area contributed by atoms with E-state index in [0.29, 0.717) is 0 Å². The summed E-state index contributed by atoms with van der Waals surface area (Å²) in [4.78, 5) is 0. The third kappa shape index (κ3) is 15.4. The fourth-order valence-corrected chi connectivity index (χ4v) is 3.94. The normalized spacial score (nSPS) is 12.1. The van der Waals surface area contributed by atoms with Gasteiger partial charge in [-0.15, -0.1) is 22.2 Å². The van der Waals surface area contributed by atoms with Gasteiger partial charge in [-0.05, 0) is 0 Å². The van der Waals surface area contributed by atoms with Crippen LogP contribution in [-0.2, 0) is 0 Å². The lowest BCUT2D eigenvalue weighted by molar-refractivity contribution is 0.768. The lowest BCUT2D eigenvalue weighted by Crippen LogP contribution is -2.22. The molecule has 0 aliphatic heterocycles. The summed E-state index contributed by atoms with van der Waals surface area (Å²) in [6.07, 6.45) is 0. The SMILES string of the molecule is C[Si](C)(C)C#CC(C#C[Si](C)(C)C)C(C#C[Si](C)(C)C)C#C[Si](C)(C)C. The second-order valence-electron chi connectivity index (χ2n) is 11.0. The fourth-order valence-electron chi connectivity index (χ4n) is 1.58. The molecule has 0 rings (SSSR count). The number of rotatable bonds is 1. The predicted molar refractivity (Wildman–Crippen MR) is 131 cm³/mol. The summed E-state index contributed by atoms with van der Waals surface area (Å²) >= 11 is 0. The zero-order valence-electron chi connectivity index (χ0n) is 19.2. The van der Waals surface area contributed by atoms with E-state index in [-0.39, 0.29) is 11.8 Å². The van der Waals surface area contributed by atoms with Crippen LogP contribution >= 0.6 is 0 Å². The summed E-state index contributed by atoms with van der Waals surface area (Å²) in [5.41, 5.74) is 14.1. The first-order valence-corrected chi connectivity index (χ1v) is 23.5. The van der Waals surface area contributed by atoms with Gasteiger partial charge in [0.25, 0.3) is 0 Å². The van der Waals surface area contributed by atoms with Crippen molar-refractivity contribution in [1.29, 1.82) is 0 Å². The highest BCUT2D eigenvalue weighted by Gasteiger charge is 2.19. The molecule has 0 saturated heterocycles. The van der Waals surface area contributed by atoms with Gasteiger partial charge in [0.2, 0.25) is 0 Å². The lowest BCUT2D eigenvalue weighted by Gasteiger charge is -2.13. The van der Waals surface area contributed by atoms with Crippen molar-refractivity contribution in [2.24, 2.45) is 11.8 Å². The lowest BCUT2D eigenvalue weighted by atomic mass is 9.95. The minimum atomic E-state index is -1.46. The molecule has 0 aliphatic rings. The minimum Gasteiger partial charge on any atom is -0.131 e. The molecular weight excluding hydrogens is 377 g/mol. The first-order valence-electron chi connectivity index (χ1n) is 9.49. The van der Waals surface area contributed by atoms with E-state index in [1.165, 1.54) is 0 Å². The smallest absolute Gasteiger partial charge is 0.129 e. The first-order chi connectivity index (χ1) is 11.4. The quantitative estimate of drug-likeness (QED) is 0.379. The van der Waals surface area contributed by atoms with Gasteiger partial charge in [-0.2, -0.15) is 0 Å². The molecule has 0 spiro atoms. The molecule has 0 fully saturated rings. The van der Waals surface area contributed by atoms with Gasteiger partial charge in [0.15, 0.2) is 0 Å². The molecular formula is C22H38Si4. The van der Waals surface area contributed by atoms with Crippen LogP contribution in [0.1, 0.15) is 0 Å². The summed E-state index contributed by atoms with van der Waals surface area (Å²) in [5.74, 6) is 13.9. The van der Waals surface area contributed by atoms with Crippen molar-refractivity contribution in [2.75, 3.05) is 0 Å². The molecule has 0 bridgehead atoms. The molecule has 0 N–H and O–H groups in total. The molecule has 0 atom stereocenters. The predicted octanol–water partition coefficient (Wildman–Crippen LogP) is 5.74. The molecule has 0 unspecified atom stereocenters. The maximum absolute atomic E-state index is 3.52. The van der Waals surface area contributed by atoms with Crippen molar-refractivity contribution < 1.29 is 0 Å². The molecule has 0 aromatic rings. The van der Waals surface area contributed by atoms with E-state index in [0.717, 1.165) is 0 Å². The summed E-state index contributed by atoms with van der Waals surface area (Å²) < 4.78 is 0. The van der Waals surface area contributed by atoms with Gasteiger partial charge in [-0.1, -0.05) is 102 Å². The van der Waals surface area contributed by atoms with Crippen LogP contribution in [0.5, 0.6) is 0 Å². The molecule has 0 radical (unpaired) electrons. The zero-order chi connectivity index (χ0) is 20.8. The Morgan fingerprint density at radius 1 is 0.346 bits per heavy atom. The zero-order valence-corrected chi connectivity index (χ0v) is 23.2. The molecule has 0 aromatic heterocycles. The average molecular weight is 415 g/mol. The van der Waals surface area contributed by atoms with E-state index in [2.05, 4.69) is 124 Å². The number of hydrogen-bond acceptors (Lipinski definition) is 0. The third-order valence-electron chi connectivity index (χ3n) is 2.74.